The molecule has 102 valence electrons. The van der Waals surface area contributed by atoms with E-state index in [0.29, 0.717) is 10.9 Å². The zero-order valence-electron chi connectivity index (χ0n) is 10.4. The average Bonchev–Trinajstić information content (AvgIpc) is 2.45. The van der Waals surface area contributed by atoms with Crippen molar-refractivity contribution in [2.75, 3.05) is 0 Å². The molecule has 0 saturated heterocycles. The van der Waals surface area contributed by atoms with Crippen molar-refractivity contribution in [2.45, 2.75) is 5.32 Å². The molecule has 0 aliphatic rings. The van der Waals surface area contributed by atoms with E-state index in [2.05, 4.69) is 0 Å². The molecule has 0 saturated carbocycles. The number of para-hydroxylation sites is 1. The monoisotopic (exact) mass is 337 g/mol. The van der Waals surface area contributed by atoms with Crippen LogP contribution in [0.4, 0.5) is 5.69 Å². The van der Waals surface area contributed by atoms with Gasteiger partial charge in [0.1, 0.15) is 0 Å². The molecule has 2 aromatic rings. The van der Waals surface area contributed by atoms with Crippen LogP contribution in [-0.2, 0) is 5.32 Å². The van der Waals surface area contributed by atoms with Crippen molar-refractivity contribution in [2.24, 2.45) is 0 Å². The second-order valence-electron chi connectivity index (χ2n) is 3.98. The Bertz CT molecular complexity index is 600. The van der Waals surface area contributed by atoms with Gasteiger partial charge in [0.15, 0.2) is 0 Å². The molecule has 0 radical (unpaired) electrons. The minimum absolute atomic E-state index is 0.0854. The second-order valence-corrected chi connectivity index (χ2v) is 6.11. The average molecular weight is 336 g/mol. The summed E-state index contributed by atoms with van der Waals surface area (Å²) in [7, 11) is 0. The van der Waals surface area contributed by atoms with Crippen molar-refractivity contribution in [1.29, 1.82) is 0 Å². The molecule has 0 spiro atoms. The Hall–Kier alpha value is -2.17. The van der Waals surface area contributed by atoms with Crippen LogP contribution >= 0.6 is 0 Å². The first-order chi connectivity index (χ1) is 9.59. The van der Waals surface area contributed by atoms with Crippen LogP contribution in [-0.4, -0.2) is 31.0 Å². The number of carboxylic acids is 1. The third kappa shape index (κ3) is 3.23. The number of hydrogen-bond acceptors (Lipinski definition) is 3. The number of aromatic carboxylic acids is 1. The summed E-state index contributed by atoms with van der Waals surface area (Å²) >= 11 is -0.166. The Kier molecular flexibility index (Phi) is 4.50. The first-order valence-electron chi connectivity index (χ1n) is 5.77. The van der Waals surface area contributed by atoms with Gasteiger partial charge in [0.05, 0.1) is 0 Å². The predicted octanol–water partition coefficient (Wildman–Crippen LogP) is 1.82. The number of hydrogen-bond donors (Lipinski definition) is 1. The molecule has 0 fully saturated rings. The van der Waals surface area contributed by atoms with E-state index in [9.17, 15) is 14.9 Å². The first kappa shape index (κ1) is 14.2. The maximum atomic E-state index is 11.1. The third-order valence-electron chi connectivity index (χ3n) is 2.69. The van der Waals surface area contributed by atoms with Gasteiger partial charge >= 0.3 is 121 Å². The third-order valence-corrected chi connectivity index (χ3v) is 5.04. The normalized spacial score (nSPS) is 10.2. The summed E-state index contributed by atoms with van der Waals surface area (Å²) in [4.78, 5) is 21.6. The fourth-order valence-electron chi connectivity index (χ4n) is 1.74. The minimum atomic E-state index is -0.968. The van der Waals surface area contributed by atoms with Gasteiger partial charge in [-0.15, -0.1) is 0 Å². The number of nitro groups is 1. The van der Waals surface area contributed by atoms with Crippen LogP contribution in [0, 0.1) is 10.1 Å². The Morgan fingerprint density at radius 3 is 2.50 bits per heavy atom. The number of rotatable bonds is 5. The van der Waals surface area contributed by atoms with Gasteiger partial charge in [0.2, 0.25) is 0 Å². The summed E-state index contributed by atoms with van der Waals surface area (Å²) in [5.74, 6) is -0.968. The molecule has 0 atom stereocenters. The molecule has 0 unspecified atom stereocenters. The summed E-state index contributed by atoms with van der Waals surface area (Å²) in [6, 6.07) is 13.3. The Morgan fingerprint density at radius 2 is 1.80 bits per heavy atom. The van der Waals surface area contributed by atoms with E-state index >= 15 is 0 Å². The summed E-state index contributed by atoms with van der Waals surface area (Å²) in [6.45, 7) is 0. The fourth-order valence-corrected chi connectivity index (χ4v) is 3.92. The van der Waals surface area contributed by atoms with Gasteiger partial charge in [-0.25, -0.2) is 0 Å². The Labute approximate surface area is 121 Å². The first-order valence-corrected chi connectivity index (χ1v) is 7.84. The predicted molar refractivity (Wildman–Crippen MR) is 75.6 cm³/mol. The molecule has 0 amide bonds. The van der Waals surface area contributed by atoms with Crippen LogP contribution in [0.25, 0.3) is 0 Å². The van der Waals surface area contributed by atoms with E-state index in [1.807, 2.05) is 0 Å². The van der Waals surface area contributed by atoms with Gasteiger partial charge < -0.3 is 0 Å². The van der Waals surface area contributed by atoms with Gasteiger partial charge in [0.25, 0.3) is 0 Å². The van der Waals surface area contributed by atoms with E-state index < -0.39 is 10.9 Å². The number of nitrogens with zero attached hydrogens (tertiary/aromatic N) is 1. The number of nitro benzene ring substituents is 1. The molecule has 0 aliphatic heterocycles. The van der Waals surface area contributed by atoms with Crippen molar-refractivity contribution in [3.05, 3.63) is 69.8 Å². The standard InChI is InChI=1S/C14H11NO4Se/c16-14(17)11-6-2-4-8-13(11)20-9-10-5-1-3-7-12(10)15(18)19/h1-8H,9H2,(H,16,17). The van der Waals surface area contributed by atoms with Crippen molar-refractivity contribution in [3.63, 3.8) is 0 Å². The van der Waals surface area contributed by atoms with Gasteiger partial charge in [-0.2, -0.15) is 0 Å². The molecule has 6 heteroatoms. The van der Waals surface area contributed by atoms with Crippen LogP contribution in [0.3, 0.4) is 0 Å². The molecule has 2 aromatic carbocycles. The van der Waals surface area contributed by atoms with Crippen LogP contribution in [0.1, 0.15) is 15.9 Å². The Balaban J connectivity index is 2.22. The second kappa shape index (κ2) is 6.32. The molecule has 1 N–H and O–H groups in total. The number of benzene rings is 2. The van der Waals surface area contributed by atoms with Crippen LogP contribution in [0.2, 0.25) is 0 Å². The van der Waals surface area contributed by atoms with E-state index in [-0.39, 0.29) is 26.2 Å². The van der Waals surface area contributed by atoms with Crippen molar-refractivity contribution in [3.8, 4) is 0 Å². The zero-order chi connectivity index (χ0) is 14.5. The summed E-state index contributed by atoms with van der Waals surface area (Å²) in [5, 5.41) is 20.5. The number of carbonyl (C=O) groups is 1. The summed E-state index contributed by atoms with van der Waals surface area (Å²) < 4.78 is 0.741. The quantitative estimate of drug-likeness (QED) is 0.513. The molecular weight excluding hydrogens is 325 g/mol. The molecule has 0 heterocycles. The molecule has 2 rings (SSSR count). The van der Waals surface area contributed by atoms with Gasteiger partial charge in [-0.05, 0) is 0 Å². The van der Waals surface area contributed by atoms with E-state index in [4.69, 9.17) is 5.11 Å². The van der Waals surface area contributed by atoms with Crippen molar-refractivity contribution >= 4 is 31.1 Å². The molecule has 5 nitrogen and oxygen atoms in total. The van der Waals surface area contributed by atoms with Gasteiger partial charge in [0, 0.05) is 0 Å². The molecule has 0 aromatic heterocycles. The SMILES string of the molecule is O=C(O)c1ccccc1[Se]Cc1ccccc1[N+](=O)[O-]. The fraction of sp³-hybridized carbons (Fsp3) is 0.0714. The Morgan fingerprint density at radius 1 is 1.15 bits per heavy atom. The summed E-state index contributed by atoms with van der Waals surface area (Å²) in [5.41, 5.74) is 0.992. The topological polar surface area (TPSA) is 80.4 Å². The van der Waals surface area contributed by atoms with Crippen LogP contribution < -0.4 is 4.46 Å². The molecular formula is C14H11NO4Se. The van der Waals surface area contributed by atoms with E-state index in [1.54, 1.807) is 42.5 Å². The van der Waals surface area contributed by atoms with Crippen LogP contribution in [0.15, 0.2) is 48.5 Å². The van der Waals surface area contributed by atoms with Crippen molar-refractivity contribution < 1.29 is 14.8 Å². The van der Waals surface area contributed by atoms with E-state index in [1.165, 1.54) is 6.07 Å². The maximum absolute atomic E-state index is 11.1. The number of carboxylic acid groups (broad SMARTS) is 1. The summed E-state index contributed by atoms with van der Waals surface area (Å²) in [6.07, 6.45) is 0. The zero-order valence-corrected chi connectivity index (χ0v) is 12.1. The van der Waals surface area contributed by atoms with Crippen LogP contribution in [0.5, 0.6) is 0 Å². The molecule has 0 bridgehead atoms. The van der Waals surface area contributed by atoms with Gasteiger partial charge in [-0.3, -0.25) is 0 Å². The van der Waals surface area contributed by atoms with E-state index in [0.717, 1.165) is 4.46 Å². The molecule has 0 aliphatic carbocycles. The van der Waals surface area contributed by atoms with Crippen molar-refractivity contribution in [1.82, 2.24) is 0 Å². The van der Waals surface area contributed by atoms with Gasteiger partial charge in [-0.1, -0.05) is 0 Å². The molecule has 20 heavy (non-hydrogen) atoms.